The Hall–Kier alpha value is -3.90. The van der Waals surface area contributed by atoms with Crippen molar-refractivity contribution in [3.8, 4) is 6.07 Å². The number of pyridine rings is 1. The van der Waals surface area contributed by atoms with E-state index in [4.69, 9.17) is 5.26 Å². The van der Waals surface area contributed by atoms with Crippen molar-refractivity contribution in [3.63, 3.8) is 0 Å². The van der Waals surface area contributed by atoms with Gasteiger partial charge in [0.2, 0.25) is 5.78 Å². The summed E-state index contributed by atoms with van der Waals surface area (Å²) in [7, 11) is 0. The van der Waals surface area contributed by atoms with Crippen molar-refractivity contribution in [2.45, 2.75) is 25.3 Å². The van der Waals surface area contributed by atoms with E-state index < -0.39 is 11.7 Å². The number of nitrogens with one attached hydrogen (secondary N) is 2. The van der Waals surface area contributed by atoms with Gasteiger partial charge in [-0.25, -0.2) is 4.98 Å². The average molecular weight is 444 g/mol. The number of carbonyl (C=O) groups is 3. The first-order valence-corrected chi connectivity index (χ1v) is 10.8. The van der Waals surface area contributed by atoms with Gasteiger partial charge in [0.05, 0.1) is 23.7 Å². The zero-order valence-electron chi connectivity index (χ0n) is 18.0. The van der Waals surface area contributed by atoms with Crippen LogP contribution in [-0.4, -0.2) is 57.7 Å². The van der Waals surface area contributed by atoms with Gasteiger partial charge in [0, 0.05) is 30.6 Å². The molecule has 0 spiro atoms. The standard InChI is InChI=1S/C24H24N6O3/c25-10-16-5-7-30(8-6-16)14-21(22(32)15-31)18-3-1-17(2-4-18)11-27-24(33)20-9-19-13-28-29-23(19)26-12-20/h1-4,9,12-13,15-16,21H,5-8,11,14H2,(H,27,33)(H,26,28,29). The van der Waals surface area contributed by atoms with Gasteiger partial charge < -0.3 is 10.2 Å². The third kappa shape index (κ3) is 5.30. The van der Waals surface area contributed by atoms with E-state index in [2.05, 4.69) is 31.5 Å². The molecule has 4 rings (SSSR count). The van der Waals surface area contributed by atoms with E-state index in [1.165, 1.54) is 6.20 Å². The number of Topliss-reactive ketones (excluding diaryl/α,β-unsaturated/α-hetero) is 1. The summed E-state index contributed by atoms with van der Waals surface area (Å²) in [6.07, 6.45) is 5.04. The Labute approximate surface area is 190 Å². The van der Waals surface area contributed by atoms with Crippen molar-refractivity contribution in [1.82, 2.24) is 25.4 Å². The second-order valence-corrected chi connectivity index (χ2v) is 8.23. The van der Waals surface area contributed by atoms with Crippen LogP contribution in [0.4, 0.5) is 0 Å². The maximum atomic E-state index is 12.5. The van der Waals surface area contributed by atoms with E-state index in [9.17, 15) is 14.4 Å². The Balaban J connectivity index is 1.37. The number of nitriles is 1. The van der Waals surface area contributed by atoms with Gasteiger partial charge in [-0.05, 0) is 43.1 Å². The quantitative estimate of drug-likeness (QED) is 0.401. The minimum atomic E-state index is -0.544. The van der Waals surface area contributed by atoms with Crippen LogP contribution in [0.15, 0.2) is 42.7 Å². The Bertz CT molecular complexity index is 1190. The van der Waals surface area contributed by atoms with Crippen LogP contribution < -0.4 is 5.32 Å². The number of likely N-dealkylation sites (tertiary alicyclic amines) is 1. The summed E-state index contributed by atoms with van der Waals surface area (Å²) in [5.74, 6) is -1.18. The fourth-order valence-corrected chi connectivity index (χ4v) is 4.06. The fraction of sp³-hybridized carbons (Fsp3) is 0.333. The first-order valence-electron chi connectivity index (χ1n) is 10.8. The van der Waals surface area contributed by atoms with Gasteiger partial charge in [0.1, 0.15) is 0 Å². The Morgan fingerprint density at radius 1 is 1.24 bits per heavy atom. The number of rotatable bonds is 8. The number of hydrogen-bond donors (Lipinski definition) is 2. The lowest BCUT2D eigenvalue weighted by Crippen LogP contribution is -2.38. The number of piperidine rings is 1. The van der Waals surface area contributed by atoms with Crippen molar-refractivity contribution >= 4 is 29.0 Å². The molecule has 3 heterocycles. The highest BCUT2D eigenvalue weighted by Crippen LogP contribution is 2.23. The number of benzene rings is 1. The third-order valence-corrected chi connectivity index (χ3v) is 6.06. The summed E-state index contributed by atoms with van der Waals surface area (Å²) < 4.78 is 0. The molecule has 1 fully saturated rings. The number of nitrogens with zero attached hydrogens (tertiary/aromatic N) is 4. The van der Waals surface area contributed by atoms with Gasteiger partial charge in [-0.3, -0.25) is 19.5 Å². The molecule has 9 heteroatoms. The first kappa shape index (κ1) is 22.3. The van der Waals surface area contributed by atoms with Crippen LogP contribution in [0.1, 0.15) is 40.2 Å². The van der Waals surface area contributed by atoms with Gasteiger partial charge in [-0.15, -0.1) is 0 Å². The molecular weight excluding hydrogens is 420 g/mol. The monoisotopic (exact) mass is 444 g/mol. The largest absolute Gasteiger partial charge is 0.348 e. The van der Waals surface area contributed by atoms with E-state index in [1.807, 2.05) is 24.3 Å². The van der Waals surface area contributed by atoms with E-state index >= 15 is 0 Å². The summed E-state index contributed by atoms with van der Waals surface area (Å²) in [4.78, 5) is 42.3. The molecular formula is C24H24N6O3. The van der Waals surface area contributed by atoms with Gasteiger partial charge in [-0.2, -0.15) is 10.4 Å². The summed E-state index contributed by atoms with van der Waals surface area (Å²) in [6, 6.07) is 11.4. The molecule has 1 unspecified atom stereocenters. The minimum Gasteiger partial charge on any atom is -0.348 e. The molecule has 0 aliphatic carbocycles. The first-order chi connectivity index (χ1) is 16.1. The topological polar surface area (TPSA) is 132 Å². The third-order valence-electron chi connectivity index (χ3n) is 6.06. The molecule has 0 saturated carbocycles. The molecule has 1 saturated heterocycles. The number of aromatic nitrogens is 3. The second kappa shape index (κ2) is 10.1. The summed E-state index contributed by atoms with van der Waals surface area (Å²) in [5, 5.41) is 19.3. The van der Waals surface area contributed by atoms with E-state index in [0.29, 0.717) is 30.6 Å². The normalized spacial score (nSPS) is 15.6. The smallest absolute Gasteiger partial charge is 0.253 e. The van der Waals surface area contributed by atoms with Gasteiger partial charge in [0.25, 0.3) is 5.91 Å². The van der Waals surface area contributed by atoms with Crippen LogP contribution >= 0.6 is 0 Å². The van der Waals surface area contributed by atoms with Crippen LogP contribution in [-0.2, 0) is 16.1 Å². The zero-order valence-corrected chi connectivity index (χ0v) is 18.0. The van der Waals surface area contributed by atoms with Crippen molar-refractivity contribution in [1.29, 1.82) is 5.26 Å². The predicted molar refractivity (Wildman–Crippen MR) is 120 cm³/mol. The Morgan fingerprint density at radius 2 is 2.00 bits per heavy atom. The SMILES string of the molecule is N#CC1CCN(CC(C(=O)C=O)c2ccc(CNC(=O)c3cnc4[nH]ncc4c3)cc2)CC1. The molecule has 2 aromatic heterocycles. The van der Waals surface area contributed by atoms with E-state index in [0.717, 1.165) is 42.4 Å². The van der Waals surface area contributed by atoms with Crippen molar-refractivity contribution in [2.75, 3.05) is 19.6 Å². The maximum Gasteiger partial charge on any atom is 0.253 e. The number of amides is 1. The van der Waals surface area contributed by atoms with Crippen molar-refractivity contribution < 1.29 is 14.4 Å². The number of H-pyrrole nitrogens is 1. The highest BCUT2D eigenvalue weighted by molar-refractivity contribution is 6.27. The number of ketones is 1. The molecule has 0 bridgehead atoms. The molecule has 1 atom stereocenters. The number of carbonyl (C=O) groups excluding carboxylic acids is 3. The summed E-state index contributed by atoms with van der Waals surface area (Å²) in [6.45, 7) is 2.25. The minimum absolute atomic E-state index is 0.0633. The Morgan fingerprint density at radius 3 is 2.70 bits per heavy atom. The number of aldehydes is 1. The van der Waals surface area contributed by atoms with Crippen molar-refractivity contribution in [3.05, 3.63) is 59.4 Å². The number of fused-ring (bicyclic) bond motifs is 1. The van der Waals surface area contributed by atoms with Crippen LogP contribution in [0, 0.1) is 17.2 Å². The lowest BCUT2D eigenvalue weighted by Gasteiger charge is -2.31. The molecule has 168 valence electrons. The van der Waals surface area contributed by atoms with Crippen molar-refractivity contribution in [2.24, 2.45) is 5.92 Å². The van der Waals surface area contributed by atoms with Gasteiger partial charge >= 0.3 is 0 Å². The second-order valence-electron chi connectivity index (χ2n) is 8.23. The molecule has 1 aliphatic heterocycles. The number of aromatic amines is 1. The fourth-order valence-electron chi connectivity index (χ4n) is 4.06. The molecule has 1 aliphatic rings. The van der Waals surface area contributed by atoms with Crippen LogP contribution in [0.25, 0.3) is 11.0 Å². The average Bonchev–Trinajstić information content (AvgIpc) is 3.34. The predicted octanol–water partition coefficient (Wildman–Crippen LogP) is 1.98. The molecule has 3 aromatic rings. The highest BCUT2D eigenvalue weighted by atomic mass is 16.2. The lowest BCUT2D eigenvalue weighted by atomic mass is 9.91. The lowest BCUT2D eigenvalue weighted by molar-refractivity contribution is -0.131. The summed E-state index contributed by atoms with van der Waals surface area (Å²) in [5.41, 5.74) is 2.70. The van der Waals surface area contributed by atoms with Gasteiger partial charge in [-0.1, -0.05) is 24.3 Å². The number of hydrogen-bond acceptors (Lipinski definition) is 7. The molecule has 0 radical (unpaired) electrons. The summed E-state index contributed by atoms with van der Waals surface area (Å²) >= 11 is 0. The van der Waals surface area contributed by atoms with Crippen LogP contribution in [0.2, 0.25) is 0 Å². The Kier molecular flexibility index (Phi) is 6.86. The highest BCUT2D eigenvalue weighted by Gasteiger charge is 2.26. The molecule has 1 aromatic carbocycles. The van der Waals surface area contributed by atoms with Crippen LogP contribution in [0.3, 0.4) is 0 Å². The van der Waals surface area contributed by atoms with E-state index in [-0.39, 0.29) is 11.8 Å². The van der Waals surface area contributed by atoms with E-state index in [1.54, 1.807) is 12.3 Å². The molecule has 2 N–H and O–H groups in total. The molecule has 1 amide bonds. The molecule has 33 heavy (non-hydrogen) atoms. The zero-order chi connectivity index (χ0) is 23.2. The maximum absolute atomic E-state index is 12.5. The van der Waals surface area contributed by atoms with Crippen LogP contribution in [0.5, 0.6) is 0 Å². The molecule has 9 nitrogen and oxygen atoms in total. The van der Waals surface area contributed by atoms with Gasteiger partial charge in [0.15, 0.2) is 11.9 Å².